The number of rotatable bonds is 1. The molecule has 0 aliphatic carbocycles. The average molecular weight is 262 g/mol. The molecule has 7 heteroatoms. The van der Waals surface area contributed by atoms with Gasteiger partial charge in [0.2, 0.25) is 5.91 Å². The van der Waals surface area contributed by atoms with Crippen LogP contribution in [0.5, 0.6) is 0 Å². The first-order valence-corrected chi connectivity index (χ1v) is 5.79. The Morgan fingerprint density at radius 2 is 2.39 bits per heavy atom. The lowest BCUT2D eigenvalue weighted by Crippen LogP contribution is -2.28. The third-order valence-corrected chi connectivity index (χ3v) is 3.14. The maximum atomic E-state index is 12.0. The van der Waals surface area contributed by atoms with Crippen LogP contribution in [-0.2, 0) is 4.79 Å². The number of fused-ring (bicyclic) bond motifs is 1. The molecular weight excluding hydrogens is 254 g/mol. The largest absolute Gasteiger partial charge is 0.294 e. The summed E-state index contributed by atoms with van der Waals surface area (Å²) >= 11 is 5.90. The Morgan fingerprint density at radius 3 is 3.11 bits per heavy atom. The number of amides is 1. The molecule has 1 unspecified atom stereocenters. The predicted octanol–water partition coefficient (Wildman–Crippen LogP) is 1.26. The highest BCUT2D eigenvalue weighted by molar-refractivity contribution is 6.29. The fourth-order valence-electron chi connectivity index (χ4n) is 2.09. The van der Waals surface area contributed by atoms with Crippen LogP contribution in [-0.4, -0.2) is 27.0 Å². The monoisotopic (exact) mass is 261 g/mol. The fraction of sp³-hybridized carbons (Fsp3) is 0.273. The van der Waals surface area contributed by atoms with E-state index in [9.17, 15) is 4.79 Å². The zero-order chi connectivity index (χ0) is 12.7. The van der Waals surface area contributed by atoms with E-state index in [0.717, 1.165) is 0 Å². The second kappa shape index (κ2) is 3.96. The molecule has 6 nitrogen and oxygen atoms in total. The zero-order valence-corrected chi connectivity index (χ0v) is 10.0. The van der Waals surface area contributed by atoms with E-state index < -0.39 is 5.92 Å². The summed E-state index contributed by atoms with van der Waals surface area (Å²) in [6, 6.07) is 3.75. The van der Waals surface area contributed by atoms with Gasteiger partial charge < -0.3 is 0 Å². The molecule has 90 valence electrons. The van der Waals surface area contributed by atoms with Crippen LogP contribution in [0.15, 0.2) is 18.5 Å². The van der Waals surface area contributed by atoms with Crippen molar-refractivity contribution in [1.82, 2.24) is 14.6 Å². The third-order valence-electron chi connectivity index (χ3n) is 2.96. The lowest BCUT2D eigenvalue weighted by molar-refractivity contribution is -0.119. The fourth-order valence-corrected chi connectivity index (χ4v) is 2.26. The molecule has 1 saturated heterocycles. The van der Waals surface area contributed by atoms with Crippen molar-refractivity contribution in [2.45, 2.75) is 6.42 Å². The summed E-state index contributed by atoms with van der Waals surface area (Å²) in [6.07, 6.45) is 3.70. The summed E-state index contributed by atoms with van der Waals surface area (Å²) in [5, 5.41) is 13.2. The molecule has 1 atom stereocenters. The first kappa shape index (κ1) is 11.0. The number of aromatic nitrogens is 3. The van der Waals surface area contributed by atoms with E-state index in [2.05, 4.69) is 10.1 Å². The van der Waals surface area contributed by atoms with Crippen LogP contribution in [0.2, 0.25) is 5.15 Å². The van der Waals surface area contributed by atoms with Gasteiger partial charge in [-0.3, -0.25) is 9.69 Å². The number of anilines is 1. The van der Waals surface area contributed by atoms with Crippen molar-refractivity contribution < 1.29 is 4.79 Å². The molecule has 1 amide bonds. The molecule has 3 rings (SSSR count). The van der Waals surface area contributed by atoms with E-state index in [-0.39, 0.29) is 11.1 Å². The minimum absolute atomic E-state index is 0.227. The first-order chi connectivity index (χ1) is 8.70. The Labute approximate surface area is 107 Å². The molecule has 1 aliphatic rings. The Bertz CT molecular complexity index is 674. The van der Waals surface area contributed by atoms with Gasteiger partial charge in [-0.1, -0.05) is 11.6 Å². The lowest BCUT2D eigenvalue weighted by Gasteiger charge is -2.15. The standard InChI is InChI=1S/C11H8ClN5O/c12-9-6-17-8(1-3-14-17)10(15-9)16-4-2-7(5-13)11(16)18/h1,3,6-7H,2,4H2. The van der Waals surface area contributed by atoms with E-state index in [0.29, 0.717) is 24.3 Å². The molecule has 0 bridgehead atoms. The van der Waals surface area contributed by atoms with Gasteiger partial charge >= 0.3 is 0 Å². The molecule has 0 radical (unpaired) electrons. The Hall–Kier alpha value is -2.13. The molecule has 2 aromatic heterocycles. The van der Waals surface area contributed by atoms with Gasteiger partial charge in [-0.05, 0) is 12.5 Å². The molecule has 1 aliphatic heterocycles. The molecule has 0 N–H and O–H groups in total. The van der Waals surface area contributed by atoms with Gasteiger partial charge in [0.25, 0.3) is 0 Å². The minimum Gasteiger partial charge on any atom is -0.294 e. The summed E-state index contributed by atoms with van der Waals surface area (Å²) in [5.74, 6) is -0.355. The molecule has 0 spiro atoms. The number of nitriles is 1. The molecule has 0 aromatic carbocycles. The third kappa shape index (κ3) is 1.52. The van der Waals surface area contributed by atoms with Crippen LogP contribution >= 0.6 is 11.6 Å². The number of hydrogen-bond acceptors (Lipinski definition) is 4. The number of nitrogens with zero attached hydrogens (tertiary/aromatic N) is 5. The Morgan fingerprint density at radius 1 is 1.56 bits per heavy atom. The van der Waals surface area contributed by atoms with E-state index in [4.69, 9.17) is 16.9 Å². The second-order valence-electron chi connectivity index (χ2n) is 4.01. The summed E-state index contributed by atoms with van der Waals surface area (Å²) < 4.78 is 1.57. The van der Waals surface area contributed by atoms with Crippen molar-refractivity contribution in [2.24, 2.45) is 5.92 Å². The maximum Gasteiger partial charge on any atom is 0.245 e. The SMILES string of the molecule is N#CC1CCN(c2nc(Cl)cn3nccc23)C1=O. The van der Waals surface area contributed by atoms with Gasteiger partial charge in [-0.15, -0.1) is 0 Å². The topological polar surface area (TPSA) is 74.3 Å². The van der Waals surface area contributed by atoms with Crippen LogP contribution in [0.25, 0.3) is 5.52 Å². The van der Waals surface area contributed by atoms with E-state index in [1.807, 2.05) is 6.07 Å². The van der Waals surface area contributed by atoms with Crippen LogP contribution < -0.4 is 4.90 Å². The highest BCUT2D eigenvalue weighted by atomic mass is 35.5. The smallest absolute Gasteiger partial charge is 0.245 e. The second-order valence-corrected chi connectivity index (χ2v) is 4.40. The number of halogens is 1. The molecular formula is C11H8ClN5O. The van der Waals surface area contributed by atoms with Gasteiger partial charge in [-0.2, -0.15) is 10.4 Å². The quantitative estimate of drug-likeness (QED) is 0.774. The number of carbonyl (C=O) groups is 1. The summed E-state index contributed by atoms with van der Waals surface area (Å²) in [4.78, 5) is 17.7. The molecule has 1 fully saturated rings. The van der Waals surface area contributed by atoms with Crippen LogP contribution in [0.1, 0.15) is 6.42 Å². The van der Waals surface area contributed by atoms with Gasteiger partial charge in [-0.25, -0.2) is 9.50 Å². The molecule has 18 heavy (non-hydrogen) atoms. The number of carbonyl (C=O) groups excluding carboxylic acids is 1. The van der Waals surface area contributed by atoms with Crippen LogP contribution in [0, 0.1) is 17.2 Å². The van der Waals surface area contributed by atoms with Crippen molar-refractivity contribution >= 4 is 28.8 Å². The van der Waals surface area contributed by atoms with E-state index in [1.54, 1.807) is 23.0 Å². The summed E-state index contributed by atoms with van der Waals surface area (Å²) in [5.41, 5.74) is 0.700. The van der Waals surface area contributed by atoms with E-state index in [1.165, 1.54) is 4.90 Å². The van der Waals surface area contributed by atoms with Crippen LogP contribution in [0.4, 0.5) is 5.82 Å². The maximum absolute atomic E-state index is 12.0. The van der Waals surface area contributed by atoms with Gasteiger partial charge in [0.15, 0.2) is 5.82 Å². The Balaban J connectivity index is 2.13. The van der Waals surface area contributed by atoms with Crippen LogP contribution in [0.3, 0.4) is 0 Å². The molecule has 3 heterocycles. The summed E-state index contributed by atoms with van der Waals surface area (Å²) in [6.45, 7) is 0.477. The van der Waals surface area contributed by atoms with Gasteiger partial charge in [0.1, 0.15) is 16.6 Å². The molecule has 0 saturated carbocycles. The number of hydrogen-bond donors (Lipinski definition) is 0. The predicted molar refractivity (Wildman–Crippen MR) is 64.1 cm³/mol. The van der Waals surface area contributed by atoms with Gasteiger partial charge in [0.05, 0.1) is 18.5 Å². The van der Waals surface area contributed by atoms with Crippen molar-refractivity contribution in [3.63, 3.8) is 0 Å². The highest BCUT2D eigenvalue weighted by Gasteiger charge is 2.34. The minimum atomic E-state index is -0.589. The van der Waals surface area contributed by atoms with Crippen molar-refractivity contribution in [3.8, 4) is 6.07 Å². The average Bonchev–Trinajstić information content (AvgIpc) is 2.94. The highest BCUT2D eigenvalue weighted by Crippen LogP contribution is 2.28. The normalized spacial score (nSPS) is 19.4. The summed E-state index contributed by atoms with van der Waals surface area (Å²) in [7, 11) is 0. The van der Waals surface area contributed by atoms with Gasteiger partial charge in [0, 0.05) is 6.54 Å². The van der Waals surface area contributed by atoms with E-state index >= 15 is 0 Å². The first-order valence-electron chi connectivity index (χ1n) is 5.41. The molecule has 2 aromatic rings. The van der Waals surface area contributed by atoms with Crippen molar-refractivity contribution in [2.75, 3.05) is 11.4 Å². The zero-order valence-electron chi connectivity index (χ0n) is 9.25. The lowest BCUT2D eigenvalue weighted by atomic mass is 10.1. The van der Waals surface area contributed by atoms with Crippen molar-refractivity contribution in [3.05, 3.63) is 23.6 Å². The van der Waals surface area contributed by atoms with Crippen molar-refractivity contribution in [1.29, 1.82) is 5.26 Å². The Kier molecular flexibility index (Phi) is 2.42.